The first kappa shape index (κ1) is 17.4. The van der Waals surface area contributed by atoms with Crippen LogP contribution < -0.4 is 4.90 Å². The van der Waals surface area contributed by atoms with Crippen LogP contribution in [0.4, 0.5) is 5.82 Å². The molecule has 2 fully saturated rings. The summed E-state index contributed by atoms with van der Waals surface area (Å²) < 4.78 is 38.3. The van der Waals surface area contributed by atoms with E-state index in [2.05, 4.69) is 20.1 Å². The van der Waals surface area contributed by atoms with Gasteiger partial charge in [0.1, 0.15) is 12.1 Å². The van der Waals surface area contributed by atoms with Crippen molar-refractivity contribution in [1.29, 1.82) is 0 Å². The lowest BCUT2D eigenvalue weighted by molar-refractivity contribution is 0.361. The number of furan rings is 1. The van der Waals surface area contributed by atoms with E-state index in [1.54, 1.807) is 6.20 Å². The van der Waals surface area contributed by atoms with Gasteiger partial charge in [-0.25, -0.2) is 13.4 Å². The monoisotopic (exact) mass is 401 g/mol. The summed E-state index contributed by atoms with van der Waals surface area (Å²) in [5.41, 5.74) is 0.477. The van der Waals surface area contributed by atoms with Crippen molar-refractivity contribution >= 4 is 15.8 Å². The minimum Gasteiger partial charge on any atom is -0.451 e. The Morgan fingerprint density at radius 1 is 1.07 bits per heavy atom. The van der Waals surface area contributed by atoms with E-state index < -0.39 is 10.0 Å². The average molecular weight is 401 g/mol. The van der Waals surface area contributed by atoms with Crippen LogP contribution in [-0.4, -0.2) is 54.1 Å². The number of sulfonamides is 1. The van der Waals surface area contributed by atoms with E-state index in [1.165, 1.54) is 16.6 Å². The van der Waals surface area contributed by atoms with Gasteiger partial charge in [-0.15, -0.1) is 10.2 Å². The lowest BCUT2D eigenvalue weighted by atomic mass is 10.3. The third-order valence-corrected chi connectivity index (χ3v) is 6.76. The maximum absolute atomic E-state index is 12.9. The quantitative estimate of drug-likeness (QED) is 0.640. The van der Waals surface area contributed by atoms with E-state index in [1.807, 2.05) is 18.2 Å². The Labute approximate surface area is 162 Å². The molecular formula is C18H19N5O4S. The van der Waals surface area contributed by atoms with Gasteiger partial charge in [0.25, 0.3) is 15.9 Å². The molecule has 4 heterocycles. The van der Waals surface area contributed by atoms with Crippen LogP contribution in [0.25, 0.3) is 11.5 Å². The molecule has 146 valence electrons. The highest BCUT2D eigenvalue weighted by Crippen LogP contribution is 2.40. The van der Waals surface area contributed by atoms with Crippen molar-refractivity contribution in [3.63, 3.8) is 0 Å². The van der Waals surface area contributed by atoms with E-state index in [0.29, 0.717) is 43.6 Å². The van der Waals surface area contributed by atoms with Crippen LogP contribution in [0.2, 0.25) is 0 Å². The smallest absolute Gasteiger partial charge is 0.276 e. The van der Waals surface area contributed by atoms with Crippen molar-refractivity contribution in [2.75, 3.05) is 31.1 Å². The number of rotatable bonds is 5. The first-order valence-electron chi connectivity index (χ1n) is 9.20. The van der Waals surface area contributed by atoms with Crippen LogP contribution in [0.3, 0.4) is 0 Å². The number of aromatic nitrogens is 3. The molecule has 0 bridgehead atoms. The third-order valence-electron chi connectivity index (χ3n) is 5.00. The fourth-order valence-electron chi connectivity index (χ4n) is 3.24. The zero-order chi connectivity index (χ0) is 19.1. The van der Waals surface area contributed by atoms with Crippen molar-refractivity contribution in [3.8, 4) is 11.5 Å². The third kappa shape index (κ3) is 3.18. The van der Waals surface area contributed by atoms with E-state index >= 15 is 0 Å². The standard InChI is InChI=1S/C18H19N5O4S/c24-28(25,23-9-7-22(8-10-23)15-3-1-2-6-19-15)16-11-14(12-26-16)18-21-20-17(27-18)13-4-5-13/h1-3,6,11-13H,4-5,7-10H2. The molecule has 9 nitrogen and oxygen atoms in total. The molecule has 1 saturated carbocycles. The molecule has 2 aliphatic rings. The summed E-state index contributed by atoms with van der Waals surface area (Å²) in [4.78, 5) is 6.39. The number of anilines is 1. The summed E-state index contributed by atoms with van der Waals surface area (Å²) >= 11 is 0. The Morgan fingerprint density at radius 3 is 2.61 bits per heavy atom. The van der Waals surface area contributed by atoms with Crippen LogP contribution in [0.5, 0.6) is 0 Å². The van der Waals surface area contributed by atoms with E-state index in [0.717, 1.165) is 18.7 Å². The summed E-state index contributed by atoms with van der Waals surface area (Å²) in [5.74, 6) is 2.08. The van der Waals surface area contributed by atoms with E-state index in [-0.39, 0.29) is 11.0 Å². The molecule has 0 unspecified atom stereocenters. The Balaban J connectivity index is 1.30. The van der Waals surface area contributed by atoms with Crippen molar-refractivity contribution < 1.29 is 17.3 Å². The number of hydrogen-bond acceptors (Lipinski definition) is 8. The first-order chi connectivity index (χ1) is 13.6. The van der Waals surface area contributed by atoms with Gasteiger partial charge in [0, 0.05) is 44.4 Å². The first-order valence-corrected chi connectivity index (χ1v) is 10.6. The van der Waals surface area contributed by atoms with Gasteiger partial charge < -0.3 is 13.7 Å². The molecule has 10 heteroatoms. The Hall–Kier alpha value is -2.72. The summed E-state index contributed by atoms with van der Waals surface area (Å²) in [6.07, 6.45) is 5.18. The van der Waals surface area contributed by atoms with Crippen molar-refractivity contribution in [3.05, 3.63) is 42.6 Å². The molecule has 3 aromatic heterocycles. The zero-order valence-corrected chi connectivity index (χ0v) is 15.9. The van der Waals surface area contributed by atoms with Gasteiger partial charge in [0.05, 0.1) is 5.56 Å². The van der Waals surface area contributed by atoms with Gasteiger partial charge in [-0.05, 0) is 25.0 Å². The summed E-state index contributed by atoms with van der Waals surface area (Å²) in [7, 11) is -3.72. The van der Waals surface area contributed by atoms with Crippen LogP contribution in [0, 0.1) is 0 Å². The molecule has 3 aromatic rings. The molecular weight excluding hydrogens is 382 g/mol. The zero-order valence-electron chi connectivity index (χ0n) is 15.1. The molecule has 0 amide bonds. The minimum absolute atomic E-state index is 0.111. The Morgan fingerprint density at radius 2 is 1.89 bits per heavy atom. The molecule has 28 heavy (non-hydrogen) atoms. The fraction of sp³-hybridized carbons (Fsp3) is 0.389. The van der Waals surface area contributed by atoms with Gasteiger partial charge in [-0.1, -0.05) is 6.07 Å². The highest BCUT2D eigenvalue weighted by atomic mass is 32.2. The van der Waals surface area contributed by atoms with Gasteiger partial charge >= 0.3 is 0 Å². The maximum atomic E-state index is 12.9. The summed E-state index contributed by atoms with van der Waals surface area (Å²) in [6, 6.07) is 7.14. The average Bonchev–Trinajstić information content (AvgIpc) is 3.25. The lowest BCUT2D eigenvalue weighted by Gasteiger charge is -2.34. The van der Waals surface area contributed by atoms with Gasteiger partial charge in [0.15, 0.2) is 0 Å². The molecule has 1 aliphatic heterocycles. The Bertz CT molecular complexity index is 1070. The second-order valence-corrected chi connectivity index (χ2v) is 8.82. The second kappa shape index (κ2) is 6.71. The van der Waals surface area contributed by atoms with Crippen LogP contribution in [-0.2, 0) is 10.0 Å². The molecule has 0 atom stereocenters. The molecule has 5 rings (SSSR count). The highest BCUT2D eigenvalue weighted by molar-refractivity contribution is 7.89. The van der Waals surface area contributed by atoms with Crippen LogP contribution >= 0.6 is 0 Å². The Kier molecular flexibility index (Phi) is 4.17. The van der Waals surface area contributed by atoms with Gasteiger partial charge in [0.2, 0.25) is 11.0 Å². The molecule has 0 spiro atoms. The minimum atomic E-state index is -3.72. The molecule has 1 aliphatic carbocycles. The SMILES string of the molecule is O=S(=O)(c1cc(-c2nnc(C3CC3)o2)co1)N1CCN(c2ccccn2)CC1. The van der Waals surface area contributed by atoms with Crippen LogP contribution in [0.15, 0.2) is 50.7 Å². The summed E-state index contributed by atoms with van der Waals surface area (Å²) in [5, 5.41) is 7.91. The highest BCUT2D eigenvalue weighted by Gasteiger charge is 2.33. The molecule has 0 N–H and O–H groups in total. The van der Waals surface area contributed by atoms with E-state index in [9.17, 15) is 8.42 Å². The second-order valence-electron chi connectivity index (χ2n) is 6.95. The maximum Gasteiger partial charge on any atom is 0.276 e. The van der Waals surface area contributed by atoms with Crippen LogP contribution in [0.1, 0.15) is 24.7 Å². The van der Waals surface area contributed by atoms with Crippen molar-refractivity contribution in [1.82, 2.24) is 19.5 Å². The van der Waals surface area contributed by atoms with Crippen molar-refractivity contribution in [2.45, 2.75) is 23.9 Å². The van der Waals surface area contributed by atoms with Gasteiger partial charge in [-0.2, -0.15) is 4.31 Å². The lowest BCUT2D eigenvalue weighted by Crippen LogP contribution is -2.48. The summed E-state index contributed by atoms with van der Waals surface area (Å²) in [6.45, 7) is 1.86. The number of hydrogen-bond donors (Lipinski definition) is 0. The number of pyridine rings is 1. The fourth-order valence-corrected chi connectivity index (χ4v) is 4.58. The molecule has 0 radical (unpaired) electrons. The molecule has 0 aromatic carbocycles. The van der Waals surface area contributed by atoms with Crippen molar-refractivity contribution in [2.24, 2.45) is 0 Å². The topological polar surface area (TPSA) is 106 Å². The molecule has 1 saturated heterocycles. The largest absolute Gasteiger partial charge is 0.451 e. The van der Waals surface area contributed by atoms with Gasteiger partial charge in [-0.3, -0.25) is 0 Å². The predicted molar refractivity (Wildman–Crippen MR) is 99.2 cm³/mol. The predicted octanol–water partition coefficient (Wildman–Crippen LogP) is 2.11. The number of nitrogens with zero attached hydrogens (tertiary/aromatic N) is 5. The normalized spacial score (nSPS) is 18.5. The number of piperazine rings is 1. The van der Waals surface area contributed by atoms with E-state index in [4.69, 9.17) is 8.83 Å².